The minimum Gasteiger partial charge on any atom is -0.497 e. The molecule has 7 heteroatoms. The third-order valence-electron chi connectivity index (χ3n) is 4.79. The van der Waals surface area contributed by atoms with Crippen LogP contribution in [0, 0.1) is 0 Å². The van der Waals surface area contributed by atoms with Crippen molar-refractivity contribution < 1.29 is 23.0 Å². The highest BCUT2D eigenvalue weighted by Crippen LogP contribution is 2.21. The average Bonchev–Trinajstić information content (AvgIpc) is 2.73. The molecule has 29 heavy (non-hydrogen) atoms. The molecule has 0 bridgehead atoms. The van der Waals surface area contributed by atoms with Gasteiger partial charge in [-0.2, -0.15) is 8.78 Å². The smallest absolute Gasteiger partial charge is 0.387 e. The summed E-state index contributed by atoms with van der Waals surface area (Å²) in [4.78, 5) is 16.5. The Labute approximate surface area is 169 Å². The molecule has 0 N–H and O–H groups in total. The van der Waals surface area contributed by atoms with Gasteiger partial charge in [0.05, 0.1) is 7.11 Å². The van der Waals surface area contributed by atoms with Crippen LogP contribution in [0.3, 0.4) is 0 Å². The highest BCUT2D eigenvalue weighted by Gasteiger charge is 2.19. The molecule has 3 rings (SSSR count). The number of piperazine rings is 1. The number of hydrogen-bond donors (Lipinski definition) is 0. The van der Waals surface area contributed by atoms with Gasteiger partial charge in [0.15, 0.2) is 0 Å². The van der Waals surface area contributed by atoms with Gasteiger partial charge in [-0.25, -0.2) is 0 Å². The van der Waals surface area contributed by atoms with Crippen LogP contribution >= 0.6 is 0 Å². The minimum absolute atomic E-state index is 0.0517. The van der Waals surface area contributed by atoms with Gasteiger partial charge in [0.1, 0.15) is 11.5 Å². The van der Waals surface area contributed by atoms with Crippen LogP contribution in [0.5, 0.6) is 11.5 Å². The summed E-state index contributed by atoms with van der Waals surface area (Å²) >= 11 is 0. The summed E-state index contributed by atoms with van der Waals surface area (Å²) in [6.45, 7) is 0.704. The van der Waals surface area contributed by atoms with Gasteiger partial charge in [-0.05, 0) is 29.8 Å². The van der Waals surface area contributed by atoms with E-state index in [-0.39, 0.29) is 11.7 Å². The fourth-order valence-electron chi connectivity index (χ4n) is 3.20. The van der Waals surface area contributed by atoms with Gasteiger partial charge >= 0.3 is 6.61 Å². The number of halogens is 2. The Morgan fingerprint density at radius 1 is 1.07 bits per heavy atom. The Balaban J connectivity index is 1.51. The Hall–Kier alpha value is -2.93. The second-order valence-electron chi connectivity index (χ2n) is 6.70. The van der Waals surface area contributed by atoms with Gasteiger partial charge < -0.3 is 14.4 Å². The predicted octanol–water partition coefficient (Wildman–Crippen LogP) is 3.65. The highest BCUT2D eigenvalue weighted by atomic mass is 19.3. The van der Waals surface area contributed by atoms with Crippen molar-refractivity contribution in [2.45, 2.75) is 13.2 Å². The Morgan fingerprint density at radius 3 is 2.41 bits per heavy atom. The van der Waals surface area contributed by atoms with E-state index in [1.54, 1.807) is 30.2 Å². The molecule has 5 nitrogen and oxygen atoms in total. The number of methoxy groups -OCH3 is 1. The summed E-state index contributed by atoms with van der Waals surface area (Å²) in [6, 6.07) is 14.4. The van der Waals surface area contributed by atoms with Crippen LogP contribution in [0.15, 0.2) is 54.6 Å². The second-order valence-corrected chi connectivity index (χ2v) is 6.70. The first kappa shape index (κ1) is 20.8. The molecule has 0 aromatic heterocycles. The molecule has 0 saturated carbocycles. The normalized spacial score (nSPS) is 15.1. The van der Waals surface area contributed by atoms with Gasteiger partial charge in [0, 0.05) is 44.4 Å². The lowest BCUT2D eigenvalue weighted by Crippen LogP contribution is -2.47. The number of benzene rings is 2. The van der Waals surface area contributed by atoms with Crippen LogP contribution in [0.4, 0.5) is 8.78 Å². The molecular weight excluding hydrogens is 378 g/mol. The first-order valence-electron chi connectivity index (χ1n) is 9.41. The van der Waals surface area contributed by atoms with E-state index in [2.05, 4.69) is 9.64 Å². The number of alkyl halides is 2. The van der Waals surface area contributed by atoms with E-state index >= 15 is 0 Å². The van der Waals surface area contributed by atoms with E-state index in [9.17, 15) is 13.6 Å². The van der Waals surface area contributed by atoms with Crippen molar-refractivity contribution in [3.63, 3.8) is 0 Å². The van der Waals surface area contributed by atoms with Crippen LogP contribution in [0.1, 0.15) is 11.1 Å². The summed E-state index contributed by atoms with van der Waals surface area (Å²) in [5, 5.41) is 0. The Kier molecular flexibility index (Phi) is 7.19. The van der Waals surface area contributed by atoms with Crippen molar-refractivity contribution in [3.05, 3.63) is 65.7 Å². The zero-order valence-electron chi connectivity index (χ0n) is 16.3. The number of ether oxygens (including phenoxy) is 2. The number of carbonyl (C=O) groups is 1. The van der Waals surface area contributed by atoms with Crippen molar-refractivity contribution in [2.24, 2.45) is 0 Å². The molecule has 1 amide bonds. The molecule has 2 aromatic carbocycles. The second kappa shape index (κ2) is 10.0. The average molecular weight is 402 g/mol. The lowest BCUT2D eigenvalue weighted by atomic mass is 10.1. The molecule has 1 fully saturated rings. The Morgan fingerprint density at radius 2 is 1.76 bits per heavy atom. The molecule has 1 saturated heterocycles. The van der Waals surface area contributed by atoms with Gasteiger partial charge in [0.2, 0.25) is 5.91 Å². The standard InChI is InChI=1S/C22H24F2N2O3/c1-28-19-9-6-17(7-10-19)16-25-12-14-26(15-13-25)21(27)11-8-18-4-2-3-5-20(18)29-22(23)24/h2-11,22H,12-16H2,1H3/b11-8+. The van der Waals surface area contributed by atoms with Gasteiger partial charge in [0.25, 0.3) is 0 Å². The lowest BCUT2D eigenvalue weighted by Gasteiger charge is -2.34. The van der Waals surface area contributed by atoms with Crippen LogP contribution in [0.2, 0.25) is 0 Å². The number of amides is 1. The fourth-order valence-corrected chi connectivity index (χ4v) is 3.20. The fraction of sp³-hybridized carbons (Fsp3) is 0.318. The number of rotatable bonds is 7. The van der Waals surface area contributed by atoms with E-state index in [1.807, 2.05) is 24.3 Å². The summed E-state index contributed by atoms with van der Waals surface area (Å²) in [5.41, 5.74) is 1.64. The van der Waals surface area contributed by atoms with E-state index in [0.717, 1.165) is 25.4 Å². The summed E-state index contributed by atoms with van der Waals surface area (Å²) in [5.74, 6) is 0.744. The van der Waals surface area contributed by atoms with Crippen LogP contribution in [0.25, 0.3) is 6.08 Å². The monoisotopic (exact) mass is 402 g/mol. The molecule has 0 unspecified atom stereocenters. The summed E-state index contributed by atoms with van der Waals surface area (Å²) < 4.78 is 34.6. The lowest BCUT2D eigenvalue weighted by molar-refractivity contribution is -0.127. The minimum atomic E-state index is -2.90. The van der Waals surface area contributed by atoms with Crippen molar-refractivity contribution >= 4 is 12.0 Å². The zero-order chi connectivity index (χ0) is 20.6. The third kappa shape index (κ3) is 6.02. The molecule has 0 radical (unpaired) electrons. The van der Waals surface area contributed by atoms with Crippen LogP contribution < -0.4 is 9.47 Å². The number of para-hydroxylation sites is 1. The zero-order valence-corrected chi connectivity index (χ0v) is 16.3. The third-order valence-corrected chi connectivity index (χ3v) is 4.79. The first-order valence-corrected chi connectivity index (χ1v) is 9.41. The van der Waals surface area contributed by atoms with E-state index in [1.165, 1.54) is 23.8 Å². The molecule has 154 valence electrons. The highest BCUT2D eigenvalue weighted by molar-refractivity contribution is 5.92. The van der Waals surface area contributed by atoms with E-state index in [4.69, 9.17) is 4.74 Å². The van der Waals surface area contributed by atoms with E-state index in [0.29, 0.717) is 18.7 Å². The van der Waals surface area contributed by atoms with Crippen LogP contribution in [-0.2, 0) is 11.3 Å². The van der Waals surface area contributed by atoms with Crippen molar-refractivity contribution in [3.8, 4) is 11.5 Å². The molecule has 0 atom stereocenters. The summed E-state index contributed by atoms with van der Waals surface area (Å²) in [6.07, 6.45) is 2.93. The molecule has 2 aromatic rings. The maximum atomic E-state index is 12.5. The molecular formula is C22H24F2N2O3. The first-order chi connectivity index (χ1) is 14.0. The quantitative estimate of drug-likeness (QED) is 0.663. The maximum Gasteiger partial charge on any atom is 0.387 e. The van der Waals surface area contributed by atoms with Crippen LogP contribution in [-0.4, -0.2) is 55.6 Å². The molecule has 1 aliphatic heterocycles. The number of hydrogen-bond acceptors (Lipinski definition) is 4. The van der Waals surface area contributed by atoms with E-state index < -0.39 is 6.61 Å². The topological polar surface area (TPSA) is 42.0 Å². The van der Waals surface area contributed by atoms with Crippen molar-refractivity contribution in [2.75, 3.05) is 33.3 Å². The van der Waals surface area contributed by atoms with Crippen molar-refractivity contribution in [1.82, 2.24) is 9.80 Å². The van der Waals surface area contributed by atoms with Gasteiger partial charge in [-0.3, -0.25) is 9.69 Å². The SMILES string of the molecule is COc1ccc(CN2CCN(C(=O)/C=C/c3ccccc3OC(F)F)CC2)cc1. The number of nitrogens with zero attached hydrogens (tertiary/aromatic N) is 2. The van der Waals surface area contributed by atoms with Gasteiger partial charge in [-0.15, -0.1) is 0 Å². The number of carbonyl (C=O) groups excluding carboxylic acids is 1. The Bertz CT molecular complexity index is 832. The molecule has 0 aliphatic carbocycles. The predicted molar refractivity (Wildman–Crippen MR) is 107 cm³/mol. The largest absolute Gasteiger partial charge is 0.497 e. The maximum absolute atomic E-state index is 12.5. The molecule has 1 aliphatic rings. The van der Waals surface area contributed by atoms with Gasteiger partial charge in [-0.1, -0.05) is 30.3 Å². The summed E-state index contributed by atoms with van der Waals surface area (Å²) in [7, 11) is 1.64. The molecule has 0 spiro atoms. The molecule has 1 heterocycles. The van der Waals surface area contributed by atoms with Crippen molar-refractivity contribution in [1.29, 1.82) is 0 Å².